The number of anilines is 1. The SMILES string of the molecule is COc1ccc([C@H]2CC(=O)Nc3c(C(=O)O)cn(-c4ccc(OC)cc4OC)c32)cc1. The number of fused-ring (bicyclic) bond motifs is 1. The van der Waals surface area contributed by atoms with Crippen molar-refractivity contribution in [3.8, 4) is 22.9 Å². The van der Waals surface area contributed by atoms with Gasteiger partial charge in [-0.2, -0.15) is 0 Å². The minimum absolute atomic E-state index is 0.0134. The van der Waals surface area contributed by atoms with Gasteiger partial charge in [0.2, 0.25) is 5.91 Å². The third-order valence-electron chi connectivity index (χ3n) is 5.42. The fourth-order valence-corrected chi connectivity index (χ4v) is 3.92. The van der Waals surface area contributed by atoms with Crippen LogP contribution < -0.4 is 19.5 Å². The highest BCUT2D eigenvalue weighted by Gasteiger charge is 2.35. The number of carbonyl (C=O) groups excluding carboxylic acids is 1. The van der Waals surface area contributed by atoms with E-state index in [1.807, 2.05) is 24.3 Å². The maximum absolute atomic E-state index is 12.5. The lowest BCUT2D eigenvalue weighted by atomic mass is 9.88. The van der Waals surface area contributed by atoms with Gasteiger partial charge in [0.15, 0.2) is 0 Å². The van der Waals surface area contributed by atoms with Crippen molar-refractivity contribution in [1.82, 2.24) is 4.57 Å². The number of amides is 1. The standard InChI is InChI=1S/C23H22N2O6/c1-29-14-6-4-13(5-7-14)16-11-20(26)24-21-17(23(27)28)12-25(22(16)21)18-9-8-15(30-2)10-19(18)31-3/h4-10,12,16H,11H2,1-3H3,(H,24,26)(H,27,28)/t16-/m1/s1. The van der Waals surface area contributed by atoms with Crippen molar-refractivity contribution in [2.45, 2.75) is 12.3 Å². The van der Waals surface area contributed by atoms with E-state index in [2.05, 4.69) is 5.32 Å². The number of rotatable bonds is 6. The summed E-state index contributed by atoms with van der Waals surface area (Å²) in [4.78, 5) is 24.5. The summed E-state index contributed by atoms with van der Waals surface area (Å²) >= 11 is 0. The number of hydrogen-bond acceptors (Lipinski definition) is 5. The monoisotopic (exact) mass is 422 g/mol. The van der Waals surface area contributed by atoms with Crippen molar-refractivity contribution < 1.29 is 28.9 Å². The number of nitrogens with zero attached hydrogens (tertiary/aromatic N) is 1. The lowest BCUT2D eigenvalue weighted by Gasteiger charge is -2.27. The van der Waals surface area contributed by atoms with Crippen LogP contribution in [-0.2, 0) is 4.79 Å². The summed E-state index contributed by atoms with van der Waals surface area (Å²) in [6, 6.07) is 12.7. The molecule has 1 amide bonds. The molecule has 0 aliphatic carbocycles. The fourth-order valence-electron chi connectivity index (χ4n) is 3.92. The van der Waals surface area contributed by atoms with Gasteiger partial charge in [-0.25, -0.2) is 4.79 Å². The summed E-state index contributed by atoms with van der Waals surface area (Å²) in [6.07, 6.45) is 1.69. The average molecular weight is 422 g/mol. The van der Waals surface area contributed by atoms with E-state index in [1.54, 1.807) is 37.0 Å². The number of benzene rings is 2. The molecule has 2 heterocycles. The van der Waals surface area contributed by atoms with Gasteiger partial charge in [0.25, 0.3) is 0 Å². The van der Waals surface area contributed by atoms with Crippen LogP contribution in [0.2, 0.25) is 0 Å². The van der Waals surface area contributed by atoms with E-state index in [0.717, 1.165) is 5.56 Å². The van der Waals surface area contributed by atoms with Crippen LogP contribution in [0.15, 0.2) is 48.7 Å². The molecule has 1 atom stereocenters. The van der Waals surface area contributed by atoms with E-state index in [0.29, 0.717) is 34.3 Å². The smallest absolute Gasteiger partial charge is 0.339 e. The Kier molecular flexibility index (Phi) is 5.29. The number of carboxylic acid groups (broad SMARTS) is 1. The van der Waals surface area contributed by atoms with E-state index >= 15 is 0 Å². The Balaban J connectivity index is 1.95. The van der Waals surface area contributed by atoms with E-state index in [1.165, 1.54) is 13.3 Å². The molecule has 0 unspecified atom stereocenters. The highest BCUT2D eigenvalue weighted by Crippen LogP contribution is 2.43. The first-order valence-electron chi connectivity index (χ1n) is 9.61. The van der Waals surface area contributed by atoms with Crippen molar-refractivity contribution in [2.24, 2.45) is 0 Å². The number of aromatic carboxylic acids is 1. The first-order chi connectivity index (χ1) is 15.0. The maximum Gasteiger partial charge on any atom is 0.339 e. The Bertz CT molecular complexity index is 1150. The highest BCUT2D eigenvalue weighted by atomic mass is 16.5. The van der Waals surface area contributed by atoms with Crippen molar-refractivity contribution in [2.75, 3.05) is 26.6 Å². The Morgan fingerprint density at radius 1 is 1.03 bits per heavy atom. The molecule has 0 radical (unpaired) electrons. The molecule has 1 aliphatic heterocycles. The second kappa shape index (κ2) is 8.06. The molecule has 0 saturated heterocycles. The van der Waals surface area contributed by atoms with Crippen molar-refractivity contribution in [3.05, 3.63) is 65.5 Å². The zero-order chi connectivity index (χ0) is 22.1. The first kappa shape index (κ1) is 20.3. The number of carboxylic acids is 1. The first-order valence-corrected chi connectivity index (χ1v) is 9.61. The summed E-state index contributed by atoms with van der Waals surface area (Å²) in [7, 11) is 4.68. The molecule has 0 fully saturated rings. The molecule has 31 heavy (non-hydrogen) atoms. The number of aromatic nitrogens is 1. The van der Waals surface area contributed by atoms with Gasteiger partial charge < -0.3 is 29.2 Å². The van der Waals surface area contributed by atoms with Crippen LogP contribution in [0.25, 0.3) is 5.69 Å². The van der Waals surface area contributed by atoms with Gasteiger partial charge in [0.1, 0.15) is 22.8 Å². The third-order valence-corrected chi connectivity index (χ3v) is 5.42. The van der Waals surface area contributed by atoms with Gasteiger partial charge in [-0.1, -0.05) is 12.1 Å². The molecule has 0 spiro atoms. The quantitative estimate of drug-likeness (QED) is 0.629. The van der Waals surface area contributed by atoms with E-state index in [-0.39, 0.29) is 23.8 Å². The van der Waals surface area contributed by atoms with Crippen LogP contribution in [0.5, 0.6) is 17.2 Å². The molecule has 1 aromatic heterocycles. The summed E-state index contributed by atoms with van der Waals surface area (Å²) in [5, 5.41) is 12.5. The zero-order valence-corrected chi connectivity index (χ0v) is 17.3. The zero-order valence-electron chi connectivity index (χ0n) is 17.3. The number of carbonyl (C=O) groups is 2. The average Bonchev–Trinajstić information content (AvgIpc) is 3.17. The molecule has 160 valence electrons. The molecule has 1 aliphatic rings. The molecule has 4 rings (SSSR count). The molecule has 8 nitrogen and oxygen atoms in total. The number of ether oxygens (including phenoxy) is 3. The third kappa shape index (κ3) is 3.56. The molecule has 3 aromatic rings. The summed E-state index contributed by atoms with van der Waals surface area (Å²) in [5.41, 5.74) is 2.50. The molecule has 8 heteroatoms. The van der Waals surface area contributed by atoms with Gasteiger partial charge in [-0.05, 0) is 29.8 Å². The Hall–Kier alpha value is -3.94. The molecular formula is C23H22N2O6. The van der Waals surface area contributed by atoms with Crippen LogP contribution in [0.4, 0.5) is 5.69 Å². The number of nitrogens with one attached hydrogen (secondary N) is 1. The lowest BCUT2D eigenvalue weighted by Crippen LogP contribution is -2.25. The predicted octanol–water partition coefficient (Wildman–Crippen LogP) is 3.68. The van der Waals surface area contributed by atoms with Crippen molar-refractivity contribution >= 4 is 17.6 Å². The molecule has 2 aromatic carbocycles. The van der Waals surface area contributed by atoms with Gasteiger partial charge in [-0.15, -0.1) is 0 Å². The van der Waals surface area contributed by atoms with E-state index < -0.39 is 5.97 Å². The summed E-state index contributed by atoms with van der Waals surface area (Å²) in [6.45, 7) is 0. The van der Waals surface area contributed by atoms with Crippen LogP contribution in [0.1, 0.15) is 34.0 Å². The Morgan fingerprint density at radius 3 is 2.32 bits per heavy atom. The maximum atomic E-state index is 12.5. The van der Waals surface area contributed by atoms with Crippen LogP contribution >= 0.6 is 0 Å². The minimum atomic E-state index is -1.13. The van der Waals surface area contributed by atoms with Gasteiger partial charge in [-0.3, -0.25) is 4.79 Å². The molecule has 0 saturated carbocycles. The Morgan fingerprint density at radius 2 is 1.71 bits per heavy atom. The van der Waals surface area contributed by atoms with Crippen molar-refractivity contribution in [1.29, 1.82) is 0 Å². The van der Waals surface area contributed by atoms with Crippen LogP contribution in [-0.4, -0.2) is 42.9 Å². The second-order valence-corrected chi connectivity index (χ2v) is 7.09. The topological polar surface area (TPSA) is 99.0 Å². The van der Waals surface area contributed by atoms with Crippen LogP contribution in [0, 0.1) is 0 Å². The second-order valence-electron chi connectivity index (χ2n) is 7.09. The fraction of sp³-hybridized carbons (Fsp3) is 0.217. The van der Waals surface area contributed by atoms with E-state index in [9.17, 15) is 14.7 Å². The number of hydrogen-bond donors (Lipinski definition) is 2. The molecular weight excluding hydrogens is 400 g/mol. The number of methoxy groups -OCH3 is 3. The van der Waals surface area contributed by atoms with Gasteiger partial charge in [0, 0.05) is 24.6 Å². The van der Waals surface area contributed by atoms with Crippen molar-refractivity contribution in [3.63, 3.8) is 0 Å². The minimum Gasteiger partial charge on any atom is -0.497 e. The normalized spacial score (nSPS) is 15.1. The van der Waals surface area contributed by atoms with Gasteiger partial charge >= 0.3 is 5.97 Å². The summed E-state index contributed by atoms with van der Waals surface area (Å²) < 4.78 is 17.8. The molecule has 0 bridgehead atoms. The predicted molar refractivity (Wildman–Crippen MR) is 114 cm³/mol. The van der Waals surface area contributed by atoms with Crippen LogP contribution in [0.3, 0.4) is 0 Å². The van der Waals surface area contributed by atoms with Gasteiger partial charge in [0.05, 0.1) is 38.4 Å². The summed E-state index contributed by atoms with van der Waals surface area (Å²) in [5.74, 6) is 0.102. The van der Waals surface area contributed by atoms with E-state index in [4.69, 9.17) is 14.2 Å². The molecule has 2 N–H and O–H groups in total. The highest BCUT2D eigenvalue weighted by molar-refractivity contribution is 6.04. The lowest BCUT2D eigenvalue weighted by molar-refractivity contribution is -0.116. The Labute approximate surface area is 179 Å². The largest absolute Gasteiger partial charge is 0.497 e.